The van der Waals surface area contributed by atoms with E-state index < -0.39 is 0 Å². The van der Waals surface area contributed by atoms with Crippen LogP contribution in [0.5, 0.6) is 0 Å². The maximum atomic E-state index is 11.4. The van der Waals surface area contributed by atoms with Crippen molar-refractivity contribution in [1.29, 1.82) is 5.26 Å². The Balaban J connectivity index is 2.02. The number of esters is 1. The Bertz CT molecular complexity index is 533. The number of carbonyl (C=O) groups is 1. The van der Waals surface area contributed by atoms with Crippen LogP contribution < -0.4 is 0 Å². The molecule has 0 unspecified atom stereocenters. The number of carbonyl (C=O) groups excluding carboxylic acids is 1. The third kappa shape index (κ3) is 3.27. The van der Waals surface area contributed by atoms with Crippen LogP contribution in [0.4, 0.5) is 0 Å². The largest absolute Gasteiger partial charge is 0.469 e. The Morgan fingerprint density at radius 2 is 2.37 bits per heavy atom. The van der Waals surface area contributed by atoms with Gasteiger partial charge in [-0.25, -0.2) is 4.98 Å². The fraction of sp³-hybridized carbons (Fsp3) is 0.500. The SMILES string of the molecule is COC(=O)CC1(CSc2nccc(C)c2C#N)CC1. The van der Waals surface area contributed by atoms with E-state index in [1.807, 2.05) is 13.0 Å². The van der Waals surface area contributed by atoms with Gasteiger partial charge in [0.05, 0.1) is 19.1 Å². The minimum absolute atomic E-state index is 0.0515. The normalized spacial score (nSPS) is 15.6. The summed E-state index contributed by atoms with van der Waals surface area (Å²) in [5.41, 5.74) is 1.63. The molecule has 1 aromatic heterocycles. The summed E-state index contributed by atoms with van der Waals surface area (Å²) in [6, 6.07) is 4.03. The summed E-state index contributed by atoms with van der Waals surface area (Å²) in [6.07, 6.45) is 4.27. The average Bonchev–Trinajstić information content (AvgIpc) is 3.16. The van der Waals surface area contributed by atoms with Crippen molar-refractivity contribution in [3.63, 3.8) is 0 Å². The van der Waals surface area contributed by atoms with Crippen LogP contribution >= 0.6 is 11.8 Å². The number of nitriles is 1. The van der Waals surface area contributed by atoms with Gasteiger partial charge in [0, 0.05) is 11.9 Å². The quantitative estimate of drug-likeness (QED) is 0.611. The molecule has 19 heavy (non-hydrogen) atoms. The fourth-order valence-electron chi connectivity index (χ4n) is 1.93. The van der Waals surface area contributed by atoms with E-state index in [0.717, 1.165) is 29.2 Å². The highest BCUT2D eigenvalue weighted by atomic mass is 32.2. The van der Waals surface area contributed by atoms with E-state index in [0.29, 0.717) is 12.0 Å². The molecule has 1 aliphatic carbocycles. The summed E-state index contributed by atoms with van der Waals surface area (Å²) in [5, 5.41) is 9.91. The number of pyridine rings is 1. The molecule has 100 valence electrons. The maximum absolute atomic E-state index is 11.4. The van der Waals surface area contributed by atoms with Gasteiger partial charge in [0.25, 0.3) is 0 Å². The van der Waals surface area contributed by atoms with Crippen molar-refractivity contribution in [2.75, 3.05) is 12.9 Å². The Hall–Kier alpha value is -1.54. The molecule has 0 atom stereocenters. The van der Waals surface area contributed by atoms with Gasteiger partial charge in [-0.1, -0.05) is 0 Å². The van der Waals surface area contributed by atoms with Crippen molar-refractivity contribution in [3.8, 4) is 6.07 Å². The minimum Gasteiger partial charge on any atom is -0.469 e. The lowest BCUT2D eigenvalue weighted by molar-refractivity contribution is -0.141. The van der Waals surface area contributed by atoms with Gasteiger partial charge in [-0.3, -0.25) is 4.79 Å². The highest BCUT2D eigenvalue weighted by Gasteiger charge is 2.44. The zero-order valence-electron chi connectivity index (χ0n) is 11.1. The molecule has 0 bridgehead atoms. The van der Waals surface area contributed by atoms with E-state index in [9.17, 15) is 4.79 Å². The van der Waals surface area contributed by atoms with Crippen molar-refractivity contribution < 1.29 is 9.53 Å². The van der Waals surface area contributed by atoms with Crippen molar-refractivity contribution >= 4 is 17.7 Å². The first-order chi connectivity index (χ1) is 9.10. The number of nitrogens with zero attached hydrogens (tertiary/aromatic N) is 2. The second-order valence-electron chi connectivity index (χ2n) is 4.96. The molecule has 1 saturated carbocycles. The monoisotopic (exact) mass is 276 g/mol. The molecule has 1 fully saturated rings. The third-order valence-corrected chi connectivity index (χ3v) is 4.80. The number of hydrogen-bond donors (Lipinski definition) is 0. The lowest BCUT2D eigenvalue weighted by Gasteiger charge is -2.13. The summed E-state index contributed by atoms with van der Waals surface area (Å²) in [6.45, 7) is 1.91. The van der Waals surface area contributed by atoms with Crippen molar-refractivity contribution in [2.45, 2.75) is 31.2 Å². The molecular weight excluding hydrogens is 260 g/mol. The molecule has 0 radical (unpaired) electrons. The van der Waals surface area contributed by atoms with Gasteiger partial charge < -0.3 is 4.74 Å². The molecule has 4 nitrogen and oxygen atoms in total. The average molecular weight is 276 g/mol. The molecule has 0 spiro atoms. The lowest BCUT2D eigenvalue weighted by Crippen LogP contribution is -2.13. The lowest BCUT2D eigenvalue weighted by atomic mass is 10.1. The van der Waals surface area contributed by atoms with Gasteiger partial charge in [-0.15, -0.1) is 11.8 Å². The Kier molecular flexibility index (Phi) is 4.11. The smallest absolute Gasteiger partial charge is 0.306 e. The van der Waals surface area contributed by atoms with E-state index in [2.05, 4.69) is 11.1 Å². The summed E-state index contributed by atoms with van der Waals surface area (Å²) in [4.78, 5) is 15.6. The van der Waals surface area contributed by atoms with Crippen molar-refractivity contribution in [3.05, 3.63) is 23.4 Å². The molecule has 1 aromatic rings. The minimum atomic E-state index is -0.157. The standard InChI is InChI=1S/C14H16N2O2S/c1-10-3-6-16-13(11(10)8-15)19-9-14(4-5-14)7-12(17)18-2/h3,6H,4-5,7,9H2,1-2H3. The van der Waals surface area contributed by atoms with Gasteiger partial charge in [0.2, 0.25) is 0 Å². The molecule has 0 aliphatic heterocycles. The predicted octanol–water partition coefficient (Wildman–Crippen LogP) is 2.70. The Labute approximate surface area is 117 Å². The summed E-state index contributed by atoms with van der Waals surface area (Å²) >= 11 is 1.57. The number of thioether (sulfide) groups is 1. The van der Waals surface area contributed by atoms with Crippen LogP contribution in [0.1, 0.15) is 30.4 Å². The number of rotatable bonds is 5. The fourth-order valence-corrected chi connectivity index (χ4v) is 3.25. The van der Waals surface area contributed by atoms with E-state index in [1.165, 1.54) is 7.11 Å². The van der Waals surface area contributed by atoms with Gasteiger partial charge in [0.15, 0.2) is 0 Å². The van der Waals surface area contributed by atoms with Crippen LogP contribution in [0.3, 0.4) is 0 Å². The molecule has 0 N–H and O–H groups in total. The van der Waals surface area contributed by atoms with Crippen LogP contribution in [0, 0.1) is 23.7 Å². The molecular formula is C14H16N2O2S. The number of aromatic nitrogens is 1. The Morgan fingerprint density at radius 3 is 2.95 bits per heavy atom. The number of hydrogen-bond acceptors (Lipinski definition) is 5. The van der Waals surface area contributed by atoms with Gasteiger partial charge >= 0.3 is 5.97 Å². The van der Waals surface area contributed by atoms with Crippen LogP contribution in [0.2, 0.25) is 0 Å². The molecule has 1 heterocycles. The van der Waals surface area contributed by atoms with Gasteiger partial charge in [-0.2, -0.15) is 5.26 Å². The van der Waals surface area contributed by atoms with E-state index in [1.54, 1.807) is 18.0 Å². The maximum Gasteiger partial charge on any atom is 0.306 e. The van der Waals surface area contributed by atoms with E-state index in [-0.39, 0.29) is 11.4 Å². The summed E-state index contributed by atoms with van der Waals surface area (Å²) in [5.74, 6) is 0.656. The molecule has 0 amide bonds. The molecule has 2 rings (SSSR count). The highest BCUT2D eigenvalue weighted by Crippen LogP contribution is 2.52. The van der Waals surface area contributed by atoms with Crippen LogP contribution in [0.25, 0.3) is 0 Å². The van der Waals surface area contributed by atoms with Crippen molar-refractivity contribution in [1.82, 2.24) is 4.98 Å². The molecule has 0 aromatic carbocycles. The third-order valence-electron chi connectivity index (χ3n) is 3.46. The molecule has 1 aliphatic rings. The molecule has 5 heteroatoms. The van der Waals surface area contributed by atoms with E-state index in [4.69, 9.17) is 10.00 Å². The number of methoxy groups -OCH3 is 1. The topological polar surface area (TPSA) is 63.0 Å². The van der Waals surface area contributed by atoms with Gasteiger partial charge in [-0.05, 0) is 36.8 Å². The second kappa shape index (κ2) is 5.62. The number of ether oxygens (including phenoxy) is 1. The zero-order valence-corrected chi connectivity index (χ0v) is 11.9. The Morgan fingerprint density at radius 1 is 1.63 bits per heavy atom. The van der Waals surface area contributed by atoms with Gasteiger partial charge in [0.1, 0.15) is 11.1 Å². The molecule has 0 saturated heterocycles. The highest BCUT2D eigenvalue weighted by molar-refractivity contribution is 7.99. The zero-order chi connectivity index (χ0) is 13.9. The second-order valence-corrected chi connectivity index (χ2v) is 5.93. The first-order valence-electron chi connectivity index (χ1n) is 6.15. The number of aryl methyl sites for hydroxylation is 1. The van der Waals surface area contributed by atoms with E-state index >= 15 is 0 Å². The first-order valence-corrected chi connectivity index (χ1v) is 7.14. The predicted molar refractivity (Wildman–Crippen MR) is 72.7 cm³/mol. The first kappa shape index (κ1) is 13.9. The van der Waals surface area contributed by atoms with Crippen LogP contribution in [-0.2, 0) is 9.53 Å². The van der Waals surface area contributed by atoms with Crippen LogP contribution in [-0.4, -0.2) is 23.8 Å². The summed E-state index contributed by atoms with van der Waals surface area (Å²) < 4.78 is 4.73. The summed E-state index contributed by atoms with van der Waals surface area (Å²) in [7, 11) is 1.42. The van der Waals surface area contributed by atoms with Crippen molar-refractivity contribution in [2.24, 2.45) is 5.41 Å². The van der Waals surface area contributed by atoms with Crippen LogP contribution in [0.15, 0.2) is 17.3 Å².